The third-order valence-electron chi connectivity index (χ3n) is 2.95. The first-order valence-corrected chi connectivity index (χ1v) is 5.44. The zero-order chi connectivity index (χ0) is 11.5. The third kappa shape index (κ3) is 1.93. The molecule has 1 heterocycles. The van der Waals surface area contributed by atoms with Crippen LogP contribution in [0.2, 0.25) is 0 Å². The van der Waals surface area contributed by atoms with Gasteiger partial charge in [0.2, 0.25) is 0 Å². The Kier molecular flexibility index (Phi) is 3.19. The number of hydrogen-bond acceptors (Lipinski definition) is 2. The molecule has 0 aliphatic carbocycles. The minimum absolute atomic E-state index is 0.170. The van der Waals surface area contributed by atoms with Gasteiger partial charge in [-0.15, -0.1) is 0 Å². The minimum Gasteiger partial charge on any atom is -0.334 e. The lowest BCUT2D eigenvalue weighted by atomic mass is 10.0. The summed E-state index contributed by atoms with van der Waals surface area (Å²) in [4.78, 5) is 13.7. The molecule has 1 unspecified atom stereocenters. The molecule has 1 aliphatic rings. The first-order valence-electron chi connectivity index (χ1n) is 5.44. The van der Waals surface area contributed by atoms with E-state index in [4.69, 9.17) is 0 Å². The molecular weight excluding hydrogens is 207 g/mol. The van der Waals surface area contributed by atoms with Crippen LogP contribution >= 0.6 is 0 Å². The SMILES string of the molecule is CNCC1CCN1C(=O)c1ccccc1F. The van der Waals surface area contributed by atoms with E-state index in [0.29, 0.717) is 0 Å². The van der Waals surface area contributed by atoms with Gasteiger partial charge in [-0.1, -0.05) is 12.1 Å². The molecule has 1 fully saturated rings. The van der Waals surface area contributed by atoms with E-state index < -0.39 is 5.82 Å². The van der Waals surface area contributed by atoms with Gasteiger partial charge in [-0.3, -0.25) is 4.79 Å². The number of carbonyl (C=O) groups excluding carboxylic acids is 1. The summed E-state index contributed by atoms with van der Waals surface area (Å²) in [6, 6.07) is 6.33. The van der Waals surface area contributed by atoms with Crippen molar-refractivity contribution in [2.24, 2.45) is 0 Å². The average Bonchev–Trinajstić information content (AvgIpc) is 2.25. The van der Waals surface area contributed by atoms with Crippen LogP contribution in [0.25, 0.3) is 0 Å². The second-order valence-electron chi connectivity index (χ2n) is 3.98. The van der Waals surface area contributed by atoms with Gasteiger partial charge in [-0.2, -0.15) is 0 Å². The highest BCUT2D eigenvalue weighted by Gasteiger charge is 2.32. The van der Waals surface area contributed by atoms with E-state index in [2.05, 4.69) is 5.32 Å². The van der Waals surface area contributed by atoms with E-state index >= 15 is 0 Å². The van der Waals surface area contributed by atoms with Crippen molar-refractivity contribution >= 4 is 5.91 Å². The summed E-state index contributed by atoms with van der Waals surface area (Å²) in [5.41, 5.74) is 0.170. The maximum atomic E-state index is 13.4. The van der Waals surface area contributed by atoms with Crippen LogP contribution in [0.15, 0.2) is 24.3 Å². The Morgan fingerprint density at radius 3 is 2.88 bits per heavy atom. The molecule has 3 nitrogen and oxygen atoms in total. The fourth-order valence-electron chi connectivity index (χ4n) is 1.95. The fraction of sp³-hybridized carbons (Fsp3) is 0.417. The van der Waals surface area contributed by atoms with Gasteiger partial charge in [0.15, 0.2) is 0 Å². The topological polar surface area (TPSA) is 32.3 Å². The molecule has 86 valence electrons. The van der Waals surface area contributed by atoms with Gasteiger partial charge in [0.05, 0.1) is 5.56 Å². The highest BCUT2D eigenvalue weighted by atomic mass is 19.1. The van der Waals surface area contributed by atoms with Crippen molar-refractivity contribution in [1.82, 2.24) is 10.2 Å². The predicted molar refractivity (Wildman–Crippen MR) is 59.8 cm³/mol. The van der Waals surface area contributed by atoms with Gasteiger partial charge < -0.3 is 10.2 Å². The maximum absolute atomic E-state index is 13.4. The zero-order valence-corrected chi connectivity index (χ0v) is 9.24. The number of nitrogens with one attached hydrogen (secondary N) is 1. The Labute approximate surface area is 94.3 Å². The molecule has 16 heavy (non-hydrogen) atoms. The smallest absolute Gasteiger partial charge is 0.257 e. The van der Waals surface area contributed by atoms with Crippen LogP contribution in [0.5, 0.6) is 0 Å². The molecule has 0 radical (unpaired) electrons. The van der Waals surface area contributed by atoms with Gasteiger partial charge in [0.1, 0.15) is 5.82 Å². The summed E-state index contributed by atoms with van der Waals surface area (Å²) in [6.45, 7) is 1.49. The Hall–Kier alpha value is -1.42. The van der Waals surface area contributed by atoms with E-state index in [1.54, 1.807) is 17.0 Å². The second kappa shape index (κ2) is 4.61. The molecule has 0 aromatic heterocycles. The molecule has 1 aromatic rings. The Balaban J connectivity index is 2.11. The number of benzene rings is 1. The lowest BCUT2D eigenvalue weighted by Crippen LogP contribution is -2.55. The maximum Gasteiger partial charge on any atom is 0.257 e. The van der Waals surface area contributed by atoms with E-state index in [1.807, 2.05) is 7.05 Å². The molecule has 0 spiro atoms. The summed E-state index contributed by atoms with van der Waals surface area (Å²) in [5.74, 6) is -0.646. The van der Waals surface area contributed by atoms with Gasteiger partial charge in [-0.05, 0) is 25.6 Å². The number of halogens is 1. The van der Waals surface area contributed by atoms with E-state index in [9.17, 15) is 9.18 Å². The molecule has 1 atom stereocenters. The highest BCUT2D eigenvalue weighted by molar-refractivity contribution is 5.95. The molecule has 1 amide bonds. The quantitative estimate of drug-likeness (QED) is 0.835. The van der Waals surface area contributed by atoms with Gasteiger partial charge >= 0.3 is 0 Å². The van der Waals surface area contributed by atoms with Crippen LogP contribution < -0.4 is 5.32 Å². The van der Waals surface area contributed by atoms with Crippen molar-refractivity contribution in [2.45, 2.75) is 12.5 Å². The molecule has 0 bridgehead atoms. The molecule has 1 aliphatic heterocycles. The van der Waals surface area contributed by atoms with Crippen LogP contribution in [0.4, 0.5) is 4.39 Å². The van der Waals surface area contributed by atoms with Crippen molar-refractivity contribution in [3.8, 4) is 0 Å². The Morgan fingerprint density at radius 1 is 1.56 bits per heavy atom. The summed E-state index contributed by atoms with van der Waals surface area (Å²) < 4.78 is 13.4. The number of amides is 1. The minimum atomic E-state index is -0.442. The van der Waals surface area contributed by atoms with Crippen LogP contribution in [0.1, 0.15) is 16.8 Å². The normalized spacial score (nSPS) is 19.4. The number of hydrogen-bond donors (Lipinski definition) is 1. The Morgan fingerprint density at radius 2 is 2.31 bits per heavy atom. The van der Waals surface area contributed by atoms with Crippen LogP contribution in [-0.4, -0.2) is 37.0 Å². The van der Waals surface area contributed by atoms with Crippen LogP contribution in [-0.2, 0) is 0 Å². The molecule has 1 N–H and O–H groups in total. The molecule has 1 aromatic carbocycles. The number of nitrogens with zero attached hydrogens (tertiary/aromatic N) is 1. The summed E-state index contributed by atoms with van der Waals surface area (Å²) in [7, 11) is 1.85. The van der Waals surface area contributed by atoms with Crippen molar-refractivity contribution in [3.05, 3.63) is 35.6 Å². The first kappa shape index (κ1) is 11.1. The van der Waals surface area contributed by atoms with Crippen molar-refractivity contribution in [2.75, 3.05) is 20.1 Å². The monoisotopic (exact) mass is 222 g/mol. The van der Waals surface area contributed by atoms with Gasteiger partial charge in [0.25, 0.3) is 5.91 Å². The lowest BCUT2D eigenvalue weighted by molar-refractivity contribution is 0.0463. The number of carbonyl (C=O) groups is 1. The standard InChI is InChI=1S/C12H15FN2O/c1-14-8-9-6-7-15(9)12(16)10-4-2-3-5-11(10)13/h2-5,9,14H,6-8H2,1H3. The Bertz CT molecular complexity index is 394. The summed E-state index contributed by atoms with van der Waals surface area (Å²) >= 11 is 0. The second-order valence-corrected chi connectivity index (χ2v) is 3.98. The number of rotatable bonds is 3. The van der Waals surface area contributed by atoms with Gasteiger partial charge in [-0.25, -0.2) is 4.39 Å². The van der Waals surface area contributed by atoms with E-state index in [1.165, 1.54) is 12.1 Å². The van der Waals surface area contributed by atoms with E-state index in [0.717, 1.165) is 19.5 Å². The summed E-state index contributed by atoms with van der Waals surface area (Å²) in [6.07, 6.45) is 0.987. The average molecular weight is 222 g/mol. The van der Waals surface area contributed by atoms with Crippen LogP contribution in [0.3, 0.4) is 0 Å². The molecular formula is C12H15FN2O. The highest BCUT2D eigenvalue weighted by Crippen LogP contribution is 2.21. The largest absolute Gasteiger partial charge is 0.334 e. The zero-order valence-electron chi connectivity index (χ0n) is 9.24. The molecule has 1 saturated heterocycles. The third-order valence-corrected chi connectivity index (χ3v) is 2.95. The summed E-state index contributed by atoms with van der Waals surface area (Å²) in [5, 5.41) is 3.03. The van der Waals surface area contributed by atoms with Crippen molar-refractivity contribution in [3.63, 3.8) is 0 Å². The first-order chi connectivity index (χ1) is 7.74. The van der Waals surface area contributed by atoms with E-state index in [-0.39, 0.29) is 17.5 Å². The molecule has 0 saturated carbocycles. The predicted octanol–water partition coefficient (Wildman–Crippen LogP) is 1.26. The number of likely N-dealkylation sites (tertiary alicyclic amines) is 1. The molecule has 4 heteroatoms. The lowest BCUT2D eigenvalue weighted by Gasteiger charge is -2.41. The van der Waals surface area contributed by atoms with Crippen LogP contribution in [0, 0.1) is 5.82 Å². The molecule has 2 rings (SSSR count). The number of likely N-dealkylation sites (N-methyl/N-ethyl adjacent to an activating group) is 1. The van der Waals surface area contributed by atoms with Gasteiger partial charge in [0, 0.05) is 19.1 Å². The van der Waals surface area contributed by atoms with Crippen molar-refractivity contribution < 1.29 is 9.18 Å². The fourth-order valence-corrected chi connectivity index (χ4v) is 1.95. The van der Waals surface area contributed by atoms with Crippen molar-refractivity contribution in [1.29, 1.82) is 0 Å².